The van der Waals surface area contributed by atoms with E-state index in [-0.39, 0.29) is 6.04 Å². The minimum atomic E-state index is -0.469. The van der Waals surface area contributed by atoms with E-state index in [4.69, 9.17) is 4.74 Å². The fourth-order valence-corrected chi connectivity index (χ4v) is 2.66. The van der Waals surface area contributed by atoms with Crippen LogP contribution in [0.2, 0.25) is 0 Å². The largest absolute Gasteiger partial charge is 0.490 e. The molecule has 1 saturated carbocycles. The van der Waals surface area contributed by atoms with Crippen molar-refractivity contribution in [2.75, 3.05) is 6.61 Å². The van der Waals surface area contributed by atoms with Gasteiger partial charge in [-0.2, -0.15) is 0 Å². The summed E-state index contributed by atoms with van der Waals surface area (Å²) in [4.78, 5) is 0. The van der Waals surface area contributed by atoms with Gasteiger partial charge < -0.3 is 15.2 Å². The van der Waals surface area contributed by atoms with Gasteiger partial charge in [0, 0.05) is 23.0 Å². The van der Waals surface area contributed by atoms with E-state index in [0.717, 1.165) is 11.1 Å². The van der Waals surface area contributed by atoms with E-state index in [2.05, 4.69) is 36.5 Å². The van der Waals surface area contributed by atoms with Gasteiger partial charge in [-0.15, -0.1) is 0 Å². The van der Waals surface area contributed by atoms with Gasteiger partial charge in [0.25, 0.3) is 0 Å². The zero-order valence-corrected chi connectivity index (χ0v) is 12.7. The number of nitrogens with one attached hydrogen (secondary N) is 1. The number of hydrogen-bond donors (Lipinski definition) is 2. The fourth-order valence-electron chi connectivity index (χ4n) is 2.66. The van der Waals surface area contributed by atoms with Crippen LogP contribution in [0.15, 0.2) is 36.4 Å². The van der Waals surface area contributed by atoms with E-state index in [1.807, 2.05) is 12.1 Å². The highest BCUT2D eigenvalue weighted by atomic mass is 16.5. The van der Waals surface area contributed by atoms with Crippen LogP contribution in [0.5, 0.6) is 5.75 Å². The third-order valence-electron chi connectivity index (χ3n) is 3.91. The number of rotatable bonds is 6. The van der Waals surface area contributed by atoms with Gasteiger partial charge in [-0.25, -0.2) is 0 Å². The Morgan fingerprint density at radius 2 is 1.95 bits per heavy atom. The second-order valence-electron chi connectivity index (χ2n) is 6.03. The Morgan fingerprint density at radius 1 is 1.19 bits per heavy atom. The second kappa shape index (κ2) is 6.04. The van der Waals surface area contributed by atoms with Crippen molar-refractivity contribution in [1.82, 2.24) is 5.32 Å². The number of hydrogen-bond acceptors (Lipinski definition) is 3. The summed E-state index contributed by atoms with van der Waals surface area (Å²) in [5.41, 5.74) is 1.17. The van der Waals surface area contributed by atoms with Crippen molar-refractivity contribution < 1.29 is 9.84 Å². The van der Waals surface area contributed by atoms with Crippen molar-refractivity contribution in [3.8, 4) is 5.75 Å². The van der Waals surface area contributed by atoms with E-state index in [1.54, 1.807) is 6.92 Å². The van der Waals surface area contributed by atoms with Crippen molar-refractivity contribution >= 4 is 10.8 Å². The van der Waals surface area contributed by atoms with Gasteiger partial charge in [0.05, 0.1) is 6.10 Å². The maximum atomic E-state index is 9.53. The van der Waals surface area contributed by atoms with Crippen LogP contribution in [0.4, 0.5) is 0 Å². The molecular weight excluding hydrogens is 262 g/mol. The predicted octanol–water partition coefficient (Wildman–Crippen LogP) is 3.41. The van der Waals surface area contributed by atoms with Crippen LogP contribution in [0, 0.1) is 0 Å². The number of fused-ring (bicyclic) bond motifs is 1. The van der Waals surface area contributed by atoms with Gasteiger partial charge in [-0.1, -0.05) is 36.4 Å². The van der Waals surface area contributed by atoms with Crippen LogP contribution in [0.3, 0.4) is 0 Å². The Morgan fingerprint density at radius 3 is 2.67 bits per heavy atom. The Balaban J connectivity index is 1.97. The second-order valence-corrected chi connectivity index (χ2v) is 6.03. The Bertz CT molecular complexity index is 620. The lowest BCUT2D eigenvalue weighted by Gasteiger charge is -2.20. The molecule has 1 aliphatic carbocycles. The highest BCUT2D eigenvalue weighted by Gasteiger charge is 2.25. The smallest absolute Gasteiger partial charge is 0.132 e. The third-order valence-corrected chi connectivity index (χ3v) is 3.91. The first-order valence-corrected chi connectivity index (χ1v) is 7.73. The van der Waals surface area contributed by atoms with E-state index in [1.165, 1.54) is 23.8 Å². The highest BCUT2D eigenvalue weighted by molar-refractivity contribution is 5.89. The standard InChI is InChI=1S/C18H23NO2/c1-12(20)11-21-18-16(13(2)19-15-8-9-15)10-7-14-5-3-4-6-17(14)18/h3-7,10,12-13,15,19-20H,8-9,11H2,1-2H3. The SMILES string of the molecule is CC(O)COc1c(C(C)NC2CC2)ccc2ccccc12. The molecule has 1 fully saturated rings. The number of ether oxygens (including phenoxy) is 1. The Labute approximate surface area is 125 Å². The molecule has 1 aliphatic rings. The molecule has 3 heteroatoms. The van der Waals surface area contributed by atoms with Crippen LogP contribution in [-0.4, -0.2) is 23.9 Å². The van der Waals surface area contributed by atoms with Crippen molar-refractivity contribution in [1.29, 1.82) is 0 Å². The molecule has 2 atom stereocenters. The van der Waals surface area contributed by atoms with Gasteiger partial charge in [-0.05, 0) is 32.1 Å². The molecule has 0 aromatic heterocycles. The average molecular weight is 285 g/mol. The van der Waals surface area contributed by atoms with Crippen LogP contribution in [0.1, 0.15) is 38.3 Å². The van der Waals surface area contributed by atoms with Gasteiger partial charge in [0.2, 0.25) is 0 Å². The summed E-state index contributed by atoms with van der Waals surface area (Å²) in [6.07, 6.45) is 2.06. The normalized spacial score (nSPS) is 17.7. The molecular formula is C18H23NO2. The maximum absolute atomic E-state index is 9.53. The number of aliphatic hydroxyl groups excluding tert-OH is 1. The lowest BCUT2D eigenvalue weighted by atomic mass is 10.0. The number of aliphatic hydroxyl groups is 1. The van der Waals surface area contributed by atoms with E-state index < -0.39 is 6.10 Å². The molecule has 2 N–H and O–H groups in total. The zero-order valence-electron chi connectivity index (χ0n) is 12.7. The summed E-state index contributed by atoms with van der Waals surface area (Å²) in [6.45, 7) is 4.24. The maximum Gasteiger partial charge on any atom is 0.132 e. The van der Waals surface area contributed by atoms with Crippen LogP contribution in [-0.2, 0) is 0 Å². The topological polar surface area (TPSA) is 41.5 Å². The van der Waals surface area contributed by atoms with Gasteiger partial charge in [-0.3, -0.25) is 0 Å². The summed E-state index contributed by atoms with van der Waals surface area (Å²) in [5, 5.41) is 15.4. The van der Waals surface area contributed by atoms with Crippen LogP contribution in [0.25, 0.3) is 10.8 Å². The van der Waals surface area contributed by atoms with Crippen molar-refractivity contribution in [2.24, 2.45) is 0 Å². The Hall–Kier alpha value is -1.58. The molecule has 2 aromatic rings. The monoisotopic (exact) mass is 285 g/mol. The number of benzene rings is 2. The van der Waals surface area contributed by atoms with Crippen molar-refractivity contribution in [2.45, 2.75) is 44.9 Å². The molecule has 2 unspecified atom stereocenters. The molecule has 3 nitrogen and oxygen atoms in total. The zero-order chi connectivity index (χ0) is 14.8. The summed E-state index contributed by atoms with van der Waals surface area (Å²) in [7, 11) is 0. The molecule has 0 heterocycles. The third kappa shape index (κ3) is 3.36. The molecule has 2 aromatic carbocycles. The first-order valence-electron chi connectivity index (χ1n) is 7.73. The van der Waals surface area contributed by atoms with E-state index in [0.29, 0.717) is 12.6 Å². The molecule has 0 radical (unpaired) electrons. The van der Waals surface area contributed by atoms with E-state index in [9.17, 15) is 5.11 Å². The molecule has 3 rings (SSSR count). The van der Waals surface area contributed by atoms with Gasteiger partial charge in [0.1, 0.15) is 12.4 Å². The highest BCUT2D eigenvalue weighted by Crippen LogP contribution is 2.35. The van der Waals surface area contributed by atoms with Crippen LogP contribution >= 0.6 is 0 Å². The first kappa shape index (κ1) is 14.4. The molecule has 0 amide bonds. The summed E-state index contributed by atoms with van der Waals surface area (Å²) in [5.74, 6) is 0.898. The molecule has 112 valence electrons. The molecule has 0 bridgehead atoms. The quantitative estimate of drug-likeness (QED) is 0.854. The molecule has 0 spiro atoms. The lowest BCUT2D eigenvalue weighted by molar-refractivity contribution is 0.122. The van der Waals surface area contributed by atoms with Crippen LogP contribution < -0.4 is 10.1 Å². The van der Waals surface area contributed by atoms with Crippen molar-refractivity contribution in [3.63, 3.8) is 0 Å². The van der Waals surface area contributed by atoms with Crippen molar-refractivity contribution in [3.05, 3.63) is 42.0 Å². The predicted molar refractivity (Wildman–Crippen MR) is 85.7 cm³/mol. The summed E-state index contributed by atoms with van der Waals surface area (Å²) in [6, 6.07) is 13.4. The van der Waals surface area contributed by atoms with Gasteiger partial charge in [0.15, 0.2) is 0 Å². The minimum Gasteiger partial charge on any atom is -0.490 e. The lowest BCUT2D eigenvalue weighted by Crippen LogP contribution is -2.22. The minimum absolute atomic E-state index is 0.256. The summed E-state index contributed by atoms with van der Waals surface area (Å²) >= 11 is 0. The Kier molecular flexibility index (Phi) is 4.13. The fraction of sp³-hybridized carbons (Fsp3) is 0.444. The summed E-state index contributed by atoms with van der Waals surface area (Å²) < 4.78 is 5.94. The molecule has 0 saturated heterocycles. The molecule has 21 heavy (non-hydrogen) atoms. The average Bonchev–Trinajstić information content (AvgIpc) is 3.28. The van der Waals surface area contributed by atoms with Gasteiger partial charge >= 0.3 is 0 Å². The first-order chi connectivity index (χ1) is 10.1. The molecule has 0 aliphatic heterocycles. The van der Waals surface area contributed by atoms with E-state index >= 15 is 0 Å².